The summed E-state index contributed by atoms with van der Waals surface area (Å²) in [6.07, 6.45) is 18.1. The van der Waals surface area contributed by atoms with Crippen LogP contribution in [0, 0.1) is 0 Å². The second-order valence-corrected chi connectivity index (χ2v) is 4.63. The van der Waals surface area contributed by atoms with Crippen molar-refractivity contribution in [2.45, 2.75) is 77.6 Å². The lowest BCUT2D eigenvalue weighted by Gasteiger charge is -2.10. The fraction of sp³-hybridized carbons (Fsp3) is 0.857. The first-order chi connectivity index (χ1) is 6.93. The van der Waals surface area contributed by atoms with E-state index in [0.29, 0.717) is 0 Å². The molecule has 1 fully saturated rings. The summed E-state index contributed by atoms with van der Waals surface area (Å²) in [5.41, 5.74) is 1.76. The van der Waals surface area contributed by atoms with E-state index in [1.807, 2.05) is 0 Å². The fourth-order valence-corrected chi connectivity index (χ4v) is 2.27. The van der Waals surface area contributed by atoms with E-state index in [-0.39, 0.29) is 0 Å². The maximum Gasteiger partial charge on any atom is -0.0320 e. The molecule has 0 aliphatic heterocycles. The predicted molar refractivity (Wildman–Crippen MR) is 64.5 cm³/mol. The van der Waals surface area contributed by atoms with Gasteiger partial charge in [-0.15, -0.1) is 0 Å². The highest BCUT2D eigenvalue weighted by Gasteiger charge is 2.01. The predicted octanol–water partition coefficient (Wildman–Crippen LogP) is 5.24. The van der Waals surface area contributed by atoms with Crippen LogP contribution in [0.15, 0.2) is 11.6 Å². The second kappa shape index (κ2) is 8.08. The van der Waals surface area contributed by atoms with Crippen LogP contribution < -0.4 is 0 Å². The van der Waals surface area contributed by atoms with Crippen LogP contribution >= 0.6 is 0 Å². The third kappa shape index (κ3) is 5.47. The molecular formula is C14H26. The lowest BCUT2D eigenvalue weighted by Crippen LogP contribution is -1.90. The van der Waals surface area contributed by atoms with Gasteiger partial charge in [0.1, 0.15) is 0 Å². The van der Waals surface area contributed by atoms with Crippen molar-refractivity contribution in [3.63, 3.8) is 0 Å². The smallest absolute Gasteiger partial charge is 0.0320 e. The molecule has 0 aromatic heterocycles. The number of hydrogen-bond donors (Lipinski definition) is 0. The molecule has 14 heavy (non-hydrogen) atoms. The average molecular weight is 194 g/mol. The Morgan fingerprint density at radius 2 is 1.36 bits per heavy atom. The summed E-state index contributed by atoms with van der Waals surface area (Å²) >= 11 is 0. The van der Waals surface area contributed by atoms with Crippen molar-refractivity contribution in [3.05, 3.63) is 11.6 Å². The third-order valence-electron chi connectivity index (χ3n) is 3.22. The maximum absolute atomic E-state index is 2.52. The van der Waals surface area contributed by atoms with Gasteiger partial charge in [0.25, 0.3) is 0 Å². The van der Waals surface area contributed by atoms with Gasteiger partial charge in [-0.3, -0.25) is 0 Å². The molecule has 0 nitrogen and oxygen atoms in total. The Kier molecular flexibility index (Phi) is 6.82. The highest BCUT2D eigenvalue weighted by Crippen LogP contribution is 2.21. The van der Waals surface area contributed by atoms with Gasteiger partial charge in [-0.1, -0.05) is 57.1 Å². The highest BCUT2D eigenvalue weighted by molar-refractivity contribution is 5.01. The molecule has 0 bridgehead atoms. The molecule has 82 valence electrons. The van der Waals surface area contributed by atoms with Crippen molar-refractivity contribution in [2.75, 3.05) is 0 Å². The van der Waals surface area contributed by atoms with Crippen molar-refractivity contribution in [3.8, 4) is 0 Å². The SMILES string of the molecule is CCCC=C1CCCCCCCCC1. The maximum atomic E-state index is 2.52. The normalized spacial score (nSPS) is 20.5. The van der Waals surface area contributed by atoms with E-state index in [9.17, 15) is 0 Å². The van der Waals surface area contributed by atoms with Crippen molar-refractivity contribution >= 4 is 0 Å². The quantitative estimate of drug-likeness (QED) is 0.527. The molecule has 1 aliphatic carbocycles. The molecule has 1 saturated carbocycles. The van der Waals surface area contributed by atoms with E-state index in [1.165, 1.54) is 70.6 Å². The van der Waals surface area contributed by atoms with Gasteiger partial charge in [-0.25, -0.2) is 0 Å². The zero-order valence-electron chi connectivity index (χ0n) is 9.86. The Hall–Kier alpha value is -0.260. The first-order valence-electron chi connectivity index (χ1n) is 6.61. The summed E-state index contributed by atoms with van der Waals surface area (Å²) in [5, 5.41) is 0. The molecule has 0 amide bonds. The Bertz CT molecular complexity index is 143. The lowest BCUT2D eigenvalue weighted by molar-refractivity contribution is 0.550. The number of unbranched alkanes of at least 4 members (excludes halogenated alkanes) is 1. The Morgan fingerprint density at radius 1 is 0.857 bits per heavy atom. The minimum Gasteiger partial charge on any atom is -0.0853 e. The van der Waals surface area contributed by atoms with E-state index >= 15 is 0 Å². The molecule has 0 N–H and O–H groups in total. The summed E-state index contributed by atoms with van der Waals surface area (Å²) in [6, 6.07) is 0. The first kappa shape index (κ1) is 11.8. The van der Waals surface area contributed by atoms with Gasteiger partial charge in [-0.05, 0) is 32.1 Å². The van der Waals surface area contributed by atoms with Gasteiger partial charge in [0.2, 0.25) is 0 Å². The summed E-state index contributed by atoms with van der Waals surface area (Å²) in [7, 11) is 0. The standard InChI is InChI=1S/C14H26/c1-2-3-11-14-12-9-7-5-4-6-8-10-13-14/h11H,2-10,12-13H2,1H3. The van der Waals surface area contributed by atoms with E-state index in [2.05, 4.69) is 13.0 Å². The molecule has 0 spiro atoms. The van der Waals surface area contributed by atoms with E-state index in [0.717, 1.165) is 0 Å². The van der Waals surface area contributed by atoms with Gasteiger partial charge in [0, 0.05) is 0 Å². The summed E-state index contributed by atoms with van der Waals surface area (Å²) in [6.45, 7) is 2.28. The highest BCUT2D eigenvalue weighted by atomic mass is 14.1. The Labute approximate surface area is 89.8 Å². The van der Waals surface area contributed by atoms with E-state index in [1.54, 1.807) is 5.57 Å². The van der Waals surface area contributed by atoms with Crippen LogP contribution in [0.5, 0.6) is 0 Å². The molecule has 1 aliphatic rings. The van der Waals surface area contributed by atoms with Gasteiger partial charge in [-0.2, -0.15) is 0 Å². The number of allylic oxidation sites excluding steroid dienone is 2. The molecule has 0 aromatic rings. The molecule has 1 rings (SSSR count). The monoisotopic (exact) mass is 194 g/mol. The van der Waals surface area contributed by atoms with Crippen LogP contribution in [0.4, 0.5) is 0 Å². The van der Waals surface area contributed by atoms with Crippen LogP contribution in [0.2, 0.25) is 0 Å². The minimum atomic E-state index is 1.30. The van der Waals surface area contributed by atoms with Crippen LogP contribution in [-0.2, 0) is 0 Å². The van der Waals surface area contributed by atoms with E-state index < -0.39 is 0 Å². The third-order valence-corrected chi connectivity index (χ3v) is 3.22. The van der Waals surface area contributed by atoms with Crippen molar-refractivity contribution in [1.29, 1.82) is 0 Å². The van der Waals surface area contributed by atoms with Crippen molar-refractivity contribution < 1.29 is 0 Å². The van der Waals surface area contributed by atoms with Crippen LogP contribution in [0.1, 0.15) is 77.6 Å². The van der Waals surface area contributed by atoms with Crippen LogP contribution in [-0.4, -0.2) is 0 Å². The molecule has 0 heterocycles. The van der Waals surface area contributed by atoms with Crippen molar-refractivity contribution in [1.82, 2.24) is 0 Å². The van der Waals surface area contributed by atoms with Gasteiger partial charge in [0.15, 0.2) is 0 Å². The molecule has 0 heteroatoms. The topological polar surface area (TPSA) is 0 Å². The summed E-state index contributed by atoms with van der Waals surface area (Å²) < 4.78 is 0. The van der Waals surface area contributed by atoms with Crippen molar-refractivity contribution in [2.24, 2.45) is 0 Å². The summed E-state index contributed by atoms with van der Waals surface area (Å²) in [5.74, 6) is 0. The first-order valence-corrected chi connectivity index (χ1v) is 6.61. The zero-order valence-corrected chi connectivity index (χ0v) is 9.86. The average Bonchev–Trinajstić information content (AvgIpc) is 2.23. The van der Waals surface area contributed by atoms with Gasteiger partial charge >= 0.3 is 0 Å². The Morgan fingerprint density at radius 3 is 1.86 bits per heavy atom. The molecular weight excluding hydrogens is 168 g/mol. The minimum absolute atomic E-state index is 1.30. The van der Waals surface area contributed by atoms with Gasteiger partial charge in [0.05, 0.1) is 0 Å². The van der Waals surface area contributed by atoms with Gasteiger partial charge < -0.3 is 0 Å². The van der Waals surface area contributed by atoms with E-state index in [4.69, 9.17) is 0 Å². The lowest BCUT2D eigenvalue weighted by atomic mass is 9.96. The number of rotatable bonds is 2. The largest absolute Gasteiger partial charge is 0.0853 e. The second-order valence-electron chi connectivity index (χ2n) is 4.63. The van der Waals surface area contributed by atoms with Crippen LogP contribution in [0.3, 0.4) is 0 Å². The Balaban J connectivity index is 2.30. The zero-order chi connectivity index (χ0) is 10.1. The van der Waals surface area contributed by atoms with Crippen LogP contribution in [0.25, 0.3) is 0 Å². The molecule has 0 aromatic carbocycles. The summed E-state index contributed by atoms with van der Waals surface area (Å²) in [4.78, 5) is 0. The molecule has 0 saturated heterocycles. The molecule has 0 unspecified atom stereocenters. The molecule has 0 atom stereocenters. The molecule has 0 radical (unpaired) electrons. The fourth-order valence-electron chi connectivity index (χ4n) is 2.27. The number of hydrogen-bond acceptors (Lipinski definition) is 0.